The van der Waals surface area contributed by atoms with Gasteiger partial charge in [0.05, 0.1) is 5.69 Å². The molecule has 0 unspecified atom stereocenters. The van der Waals surface area contributed by atoms with Crippen molar-refractivity contribution in [3.63, 3.8) is 0 Å². The van der Waals surface area contributed by atoms with Crippen LogP contribution in [0.5, 0.6) is 0 Å². The van der Waals surface area contributed by atoms with Crippen molar-refractivity contribution in [3.8, 4) is 6.07 Å². The second-order valence-electron chi connectivity index (χ2n) is 2.63. The van der Waals surface area contributed by atoms with Gasteiger partial charge in [0, 0.05) is 17.2 Å². The fourth-order valence-electron chi connectivity index (χ4n) is 1.15. The van der Waals surface area contributed by atoms with Crippen molar-refractivity contribution in [2.75, 3.05) is 0 Å². The molecule has 0 N–H and O–H groups in total. The Morgan fingerprint density at radius 1 is 1.64 bits per heavy atom. The molecule has 76 valence electrons. The number of aromatic nitrogens is 2. The standard InChI is InChI=1S/C7H8ClN3O2S/c1-3-11-7(14(8,12)13)6(4-9)5(2)10-11/h3H2,1-2H3. The van der Waals surface area contributed by atoms with Gasteiger partial charge in [-0.1, -0.05) is 0 Å². The van der Waals surface area contributed by atoms with E-state index in [0.717, 1.165) is 0 Å². The monoisotopic (exact) mass is 233 g/mol. The van der Waals surface area contributed by atoms with E-state index in [4.69, 9.17) is 15.9 Å². The first-order valence-corrected chi connectivity index (χ1v) is 6.15. The first kappa shape index (κ1) is 11.0. The Labute approximate surface area is 86.3 Å². The smallest absolute Gasteiger partial charge is 0.252 e. The molecule has 0 fully saturated rings. The maximum Gasteiger partial charge on any atom is 0.279 e. The molecule has 0 radical (unpaired) electrons. The van der Waals surface area contributed by atoms with Crippen LogP contribution in [0.2, 0.25) is 0 Å². The highest BCUT2D eigenvalue weighted by atomic mass is 35.7. The van der Waals surface area contributed by atoms with E-state index in [0.29, 0.717) is 12.2 Å². The third-order valence-electron chi connectivity index (χ3n) is 1.72. The third kappa shape index (κ3) is 1.74. The van der Waals surface area contributed by atoms with E-state index in [1.807, 2.05) is 0 Å². The van der Waals surface area contributed by atoms with Gasteiger partial charge in [0.25, 0.3) is 9.05 Å². The first-order chi connectivity index (χ1) is 6.41. The summed E-state index contributed by atoms with van der Waals surface area (Å²) in [6.07, 6.45) is 0. The lowest BCUT2D eigenvalue weighted by Crippen LogP contribution is -2.06. The second kappa shape index (κ2) is 3.59. The van der Waals surface area contributed by atoms with Crippen LogP contribution >= 0.6 is 10.7 Å². The highest BCUT2D eigenvalue weighted by Crippen LogP contribution is 2.21. The minimum atomic E-state index is -3.92. The SMILES string of the molecule is CCn1nc(C)c(C#N)c1S(=O)(=O)Cl. The zero-order valence-corrected chi connectivity index (χ0v) is 9.22. The Bertz CT molecular complexity index is 498. The molecule has 1 aromatic heterocycles. The summed E-state index contributed by atoms with van der Waals surface area (Å²) in [5.74, 6) is 0. The molecule has 0 saturated carbocycles. The lowest BCUT2D eigenvalue weighted by atomic mass is 10.3. The Kier molecular flexibility index (Phi) is 2.83. The lowest BCUT2D eigenvalue weighted by molar-refractivity contribution is 0.562. The van der Waals surface area contributed by atoms with Crippen LogP contribution in [0.3, 0.4) is 0 Å². The van der Waals surface area contributed by atoms with Gasteiger partial charge in [-0.15, -0.1) is 0 Å². The Balaban J connectivity index is 3.63. The van der Waals surface area contributed by atoms with Crippen LogP contribution in [-0.2, 0) is 15.6 Å². The van der Waals surface area contributed by atoms with E-state index in [1.54, 1.807) is 19.9 Å². The van der Waals surface area contributed by atoms with Crippen LogP contribution in [0.4, 0.5) is 0 Å². The molecule has 0 atom stereocenters. The maximum atomic E-state index is 11.2. The van der Waals surface area contributed by atoms with Gasteiger partial charge in [-0.25, -0.2) is 8.42 Å². The van der Waals surface area contributed by atoms with Gasteiger partial charge in [-0.2, -0.15) is 10.4 Å². The fraction of sp³-hybridized carbons (Fsp3) is 0.429. The molecule has 7 heteroatoms. The molecule has 0 aromatic carbocycles. The summed E-state index contributed by atoms with van der Waals surface area (Å²) in [6.45, 7) is 3.64. The molecule has 0 bridgehead atoms. The summed E-state index contributed by atoms with van der Waals surface area (Å²) < 4.78 is 23.5. The fourth-order valence-corrected chi connectivity index (χ4v) is 2.48. The highest BCUT2D eigenvalue weighted by molar-refractivity contribution is 8.13. The average molecular weight is 234 g/mol. The maximum absolute atomic E-state index is 11.2. The molecule has 0 aliphatic heterocycles. The summed E-state index contributed by atoms with van der Waals surface area (Å²) in [6, 6.07) is 1.78. The molecule has 0 saturated heterocycles. The van der Waals surface area contributed by atoms with Crippen molar-refractivity contribution in [2.45, 2.75) is 25.4 Å². The second-order valence-corrected chi connectivity index (χ2v) is 5.11. The quantitative estimate of drug-likeness (QED) is 0.715. The van der Waals surface area contributed by atoms with Crippen LogP contribution in [0.25, 0.3) is 0 Å². The van der Waals surface area contributed by atoms with E-state index in [2.05, 4.69) is 5.10 Å². The zero-order chi connectivity index (χ0) is 10.9. The highest BCUT2D eigenvalue weighted by Gasteiger charge is 2.24. The number of hydrogen-bond donors (Lipinski definition) is 0. The first-order valence-electron chi connectivity index (χ1n) is 3.84. The summed E-state index contributed by atoms with van der Waals surface area (Å²) in [7, 11) is 1.28. The van der Waals surface area contributed by atoms with E-state index in [9.17, 15) is 8.42 Å². The molecule has 1 heterocycles. The van der Waals surface area contributed by atoms with E-state index in [-0.39, 0.29) is 10.6 Å². The third-order valence-corrected chi connectivity index (χ3v) is 3.04. The molecular weight excluding hydrogens is 226 g/mol. The van der Waals surface area contributed by atoms with Gasteiger partial charge in [-0.05, 0) is 13.8 Å². The Morgan fingerprint density at radius 3 is 2.57 bits per heavy atom. The molecule has 5 nitrogen and oxygen atoms in total. The number of rotatable bonds is 2. The van der Waals surface area contributed by atoms with Crippen molar-refractivity contribution in [3.05, 3.63) is 11.3 Å². The molecule has 0 spiro atoms. The van der Waals surface area contributed by atoms with Crippen molar-refractivity contribution < 1.29 is 8.42 Å². The van der Waals surface area contributed by atoms with Crippen LogP contribution in [0, 0.1) is 18.3 Å². The minimum Gasteiger partial charge on any atom is -0.252 e. The number of halogens is 1. The van der Waals surface area contributed by atoms with Gasteiger partial charge >= 0.3 is 0 Å². The number of hydrogen-bond acceptors (Lipinski definition) is 4. The van der Waals surface area contributed by atoms with Crippen molar-refractivity contribution in [1.82, 2.24) is 9.78 Å². The summed E-state index contributed by atoms with van der Waals surface area (Å²) in [4.78, 5) is 0. The molecule has 1 rings (SSSR count). The normalized spacial score (nSPS) is 11.3. The molecule has 0 aliphatic carbocycles. The molecule has 14 heavy (non-hydrogen) atoms. The van der Waals surface area contributed by atoms with Crippen LogP contribution < -0.4 is 0 Å². The average Bonchev–Trinajstić information content (AvgIpc) is 2.40. The Hall–Kier alpha value is -1.06. The summed E-state index contributed by atoms with van der Waals surface area (Å²) in [5, 5.41) is 12.4. The van der Waals surface area contributed by atoms with E-state index >= 15 is 0 Å². The number of aryl methyl sites for hydroxylation is 2. The van der Waals surface area contributed by atoms with Gasteiger partial charge in [-0.3, -0.25) is 4.68 Å². The largest absolute Gasteiger partial charge is 0.279 e. The van der Waals surface area contributed by atoms with E-state index < -0.39 is 9.05 Å². The van der Waals surface area contributed by atoms with Crippen LogP contribution in [0.1, 0.15) is 18.2 Å². The van der Waals surface area contributed by atoms with Crippen LogP contribution in [-0.4, -0.2) is 18.2 Å². The zero-order valence-electron chi connectivity index (χ0n) is 7.65. The van der Waals surface area contributed by atoms with E-state index in [1.165, 1.54) is 4.68 Å². The molecule has 0 amide bonds. The lowest BCUT2D eigenvalue weighted by Gasteiger charge is -1.99. The van der Waals surface area contributed by atoms with Crippen molar-refractivity contribution in [1.29, 1.82) is 5.26 Å². The number of nitrogens with zero attached hydrogens (tertiary/aromatic N) is 3. The van der Waals surface area contributed by atoms with Gasteiger partial charge in [0.15, 0.2) is 5.03 Å². The summed E-state index contributed by atoms with van der Waals surface area (Å²) in [5.41, 5.74) is 0.385. The van der Waals surface area contributed by atoms with Gasteiger partial charge in [0.2, 0.25) is 0 Å². The summed E-state index contributed by atoms with van der Waals surface area (Å²) >= 11 is 0. The predicted octanol–water partition coefficient (Wildman–Crippen LogP) is 1.01. The topological polar surface area (TPSA) is 75.8 Å². The van der Waals surface area contributed by atoms with Crippen molar-refractivity contribution in [2.24, 2.45) is 0 Å². The predicted molar refractivity (Wildman–Crippen MR) is 50.4 cm³/mol. The van der Waals surface area contributed by atoms with Crippen LogP contribution in [0.15, 0.2) is 5.03 Å². The van der Waals surface area contributed by atoms with Crippen molar-refractivity contribution >= 4 is 19.7 Å². The minimum absolute atomic E-state index is 0.0156. The Morgan fingerprint density at radius 2 is 2.21 bits per heavy atom. The van der Waals surface area contributed by atoms with Gasteiger partial charge < -0.3 is 0 Å². The molecule has 1 aromatic rings. The molecular formula is C7H8ClN3O2S. The van der Waals surface area contributed by atoms with Gasteiger partial charge in [0.1, 0.15) is 11.6 Å². The molecule has 0 aliphatic rings. The number of nitriles is 1.